The highest BCUT2D eigenvalue weighted by Crippen LogP contribution is 2.39. The highest BCUT2D eigenvalue weighted by atomic mass is 35.5. The average Bonchev–Trinajstić information content (AvgIpc) is 2.98. The lowest BCUT2D eigenvalue weighted by Gasteiger charge is -2.13. The van der Waals surface area contributed by atoms with E-state index in [4.69, 9.17) is 11.6 Å². The lowest BCUT2D eigenvalue weighted by molar-refractivity contribution is -0.384. The van der Waals surface area contributed by atoms with Gasteiger partial charge in [-0.15, -0.1) is 0 Å². The molecular weight excluding hydrogens is 228 g/mol. The summed E-state index contributed by atoms with van der Waals surface area (Å²) in [7, 11) is 1.94. The Hall–Kier alpha value is -1.13. The van der Waals surface area contributed by atoms with Crippen molar-refractivity contribution in [2.75, 3.05) is 7.05 Å². The van der Waals surface area contributed by atoms with Crippen molar-refractivity contribution in [1.29, 1.82) is 0 Å². The quantitative estimate of drug-likeness (QED) is 0.650. The van der Waals surface area contributed by atoms with E-state index in [9.17, 15) is 10.1 Å². The minimum Gasteiger partial charge on any atom is -0.314 e. The van der Waals surface area contributed by atoms with Gasteiger partial charge >= 0.3 is 0 Å². The lowest BCUT2D eigenvalue weighted by atomic mass is 10.0. The standard InChI is InChI=1S/C11H13ClN2O2/c1-13-11(4-5-11)7-8-2-3-10(14(15)16)9(12)6-8/h2-3,6,13H,4-5,7H2,1H3. The monoisotopic (exact) mass is 240 g/mol. The predicted octanol–water partition coefficient (Wildman–Crippen LogP) is 2.54. The van der Waals surface area contributed by atoms with Gasteiger partial charge in [0.1, 0.15) is 5.02 Å². The molecule has 1 fully saturated rings. The van der Waals surface area contributed by atoms with Crippen LogP contribution in [0, 0.1) is 10.1 Å². The van der Waals surface area contributed by atoms with Crippen molar-refractivity contribution < 1.29 is 4.92 Å². The zero-order valence-corrected chi connectivity index (χ0v) is 9.75. The molecule has 0 atom stereocenters. The van der Waals surface area contributed by atoms with Gasteiger partial charge in [0, 0.05) is 11.6 Å². The molecule has 0 spiro atoms. The lowest BCUT2D eigenvalue weighted by Crippen LogP contribution is -2.29. The topological polar surface area (TPSA) is 55.2 Å². The molecule has 0 bridgehead atoms. The van der Waals surface area contributed by atoms with E-state index in [-0.39, 0.29) is 16.2 Å². The number of benzene rings is 1. The van der Waals surface area contributed by atoms with Gasteiger partial charge in [-0.25, -0.2) is 0 Å². The molecule has 1 aromatic carbocycles. The summed E-state index contributed by atoms with van der Waals surface area (Å²) < 4.78 is 0. The Morgan fingerprint density at radius 1 is 1.56 bits per heavy atom. The summed E-state index contributed by atoms with van der Waals surface area (Å²) in [5, 5.41) is 14.1. The van der Waals surface area contributed by atoms with Crippen LogP contribution in [0.15, 0.2) is 18.2 Å². The average molecular weight is 241 g/mol. The van der Waals surface area contributed by atoms with E-state index in [1.165, 1.54) is 6.07 Å². The molecule has 1 aliphatic rings. The summed E-state index contributed by atoms with van der Waals surface area (Å²) in [6.45, 7) is 0. The molecule has 0 aliphatic heterocycles. The Balaban J connectivity index is 2.18. The Morgan fingerprint density at radius 2 is 2.25 bits per heavy atom. The fraction of sp³-hybridized carbons (Fsp3) is 0.455. The van der Waals surface area contributed by atoms with Crippen LogP contribution in [0.4, 0.5) is 5.69 Å². The second-order valence-electron chi connectivity index (χ2n) is 4.25. The van der Waals surface area contributed by atoms with Crippen LogP contribution >= 0.6 is 11.6 Å². The van der Waals surface area contributed by atoms with E-state index < -0.39 is 4.92 Å². The van der Waals surface area contributed by atoms with Crippen LogP contribution in [0.2, 0.25) is 5.02 Å². The molecule has 4 nitrogen and oxygen atoms in total. The van der Waals surface area contributed by atoms with Crippen molar-refractivity contribution in [3.8, 4) is 0 Å². The van der Waals surface area contributed by atoms with Crippen molar-refractivity contribution in [1.82, 2.24) is 5.32 Å². The first-order chi connectivity index (χ1) is 7.56. The highest BCUT2D eigenvalue weighted by molar-refractivity contribution is 6.32. The number of hydrogen-bond donors (Lipinski definition) is 1. The van der Waals surface area contributed by atoms with Gasteiger partial charge in [0.2, 0.25) is 0 Å². The molecule has 0 saturated heterocycles. The van der Waals surface area contributed by atoms with Gasteiger partial charge in [-0.3, -0.25) is 10.1 Å². The van der Waals surface area contributed by atoms with Crippen LogP contribution in [0.3, 0.4) is 0 Å². The second-order valence-corrected chi connectivity index (χ2v) is 4.66. The Bertz CT molecular complexity index is 430. The summed E-state index contributed by atoms with van der Waals surface area (Å²) >= 11 is 5.85. The molecule has 0 amide bonds. The van der Waals surface area contributed by atoms with Crippen LogP contribution in [0.25, 0.3) is 0 Å². The maximum absolute atomic E-state index is 10.6. The number of halogens is 1. The van der Waals surface area contributed by atoms with Crippen LogP contribution < -0.4 is 5.32 Å². The van der Waals surface area contributed by atoms with Crippen molar-refractivity contribution in [2.45, 2.75) is 24.8 Å². The first-order valence-electron chi connectivity index (χ1n) is 5.18. The summed E-state index contributed by atoms with van der Waals surface area (Å²) in [6, 6.07) is 4.95. The van der Waals surface area contributed by atoms with Gasteiger partial charge in [-0.1, -0.05) is 17.7 Å². The third kappa shape index (κ3) is 2.18. The zero-order valence-electron chi connectivity index (χ0n) is 9.00. The molecule has 2 rings (SSSR count). The molecule has 16 heavy (non-hydrogen) atoms. The van der Waals surface area contributed by atoms with Gasteiger partial charge in [0.05, 0.1) is 4.92 Å². The maximum atomic E-state index is 10.6. The van der Waals surface area contributed by atoms with E-state index in [2.05, 4.69) is 5.32 Å². The molecule has 0 radical (unpaired) electrons. The summed E-state index contributed by atoms with van der Waals surface area (Å²) in [6.07, 6.45) is 3.18. The first kappa shape index (κ1) is 11.4. The molecule has 1 saturated carbocycles. The van der Waals surface area contributed by atoms with Crippen molar-refractivity contribution >= 4 is 17.3 Å². The van der Waals surface area contributed by atoms with Crippen molar-refractivity contribution in [3.63, 3.8) is 0 Å². The number of likely N-dealkylation sites (N-methyl/N-ethyl adjacent to an activating group) is 1. The molecule has 1 aliphatic carbocycles. The van der Waals surface area contributed by atoms with Crippen LogP contribution in [0.1, 0.15) is 18.4 Å². The molecule has 86 valence electrons. The Labute approximate surface area is 98.8 Å². The van der Waals surface area contributed by atoms with Crippen LogP contribution in [0.5, 0.6) is 0 Å². The van der Waals surface area contributed by atoms with E-state index in [1.807, 2.05) is 7.05 Å². The molecule has 5 heteroatoms. The van der Waals surface area contributed by atoms with Crippen molar-refractivity contribution in [2.24, 2.45) is 0 Å². The maximum Gasteiger partial charge on any atom is 0.287 e. The van der Waals surface area contributed by atoms with Gasteiger partial charge in [0.15, 0.2) is 0 Å². The van der Waals surface area contributed by atoms with E-state index in [1.54, 1.807) is 12.1 Å². The van der Waals surface area contributed by atoms with Crippen LogP contribution in [-0.2, 0) is 6.42 Å². The summed E-state index contributed by atoms with van der Waals surface area (Å²) in [4.78, 5) is 10.1. The number of nitrogens with one attached hydrogen (secondary N) is 1. The number of rotatable bonds is 4. The SMILES string of the molecule is CNC1(Cc2ccc([N+](=O)[O-])c(Cl)c2)CC1. The molecular formula is C11H13ClN2O2. The molecule has 1 N–H and O–H groups in total. The third-order valence-electron chi connectivity index (χ3n) is 3.14. The molecule has 0 aromatic heterocycles. The smallest absolute Gasteiger partial charge is 0.287 e. The normalized spacial score (nSPS) is 17.1. The first-order valence-corrected chi connectivity index (χ1v) is 5.56. The second kappa shape index (κ2) is 4.03. The van der Waals surface area contributed by atoms with Crippen molar-refractivity contribution in [3.05, 3.63) is 38.9 Å². The molecule has 0 heterocycles. The Morgan fingerprint density at radius 3 is 2.69 bits per heavy atom. The Kier molecular flexibility index (Phi) is 2.86. The predicted molar refractivity (Wildman–Crippen MR) is 62.8 cm³/mol. The van der Waals surface area contributed by atoms with Gasteiger partial charge in [-0.05, 0) is 37.9 Å². The molecule has 1 aromatic rings. The minimum atomic E-state index is -0.461. The van der Waals surface area contributed by atoms with Crippen LogP contribution in [-0.4, -0.2) is 17.5 Å². The van der Waals surface area contributed by atoms with E-state index >= 15 is 0 Å². The summed E-state index contributed by atoms with van der Waals surface area (Å²) in [5.41, 5.74) is 1.21. The third-order valence-corrected chi connectivity index (χ3v) is 3.44. The largest absolute Gasteiger partial charge is 0.314 e. The fourth-order valence-electron chi connectivity index (χ4n) is 1.87. The van der Waals surface area contributed by atoms with Gasteiger partial charge in [-0.2, -0.15) is 0 Å². The fourth-order valence-corrected chi connectivity index (χ4v) is 2.14. The van der Waals surface area contributed by atoms with E-state index in [0.29, 0.717) is 0 Å². The minimum absolute atomic E-state index is 0.0280. The summed E-state index contributed by atoms with van der Waals surface area (Å²) in [5.74, 6) is 0. The van der Waals surface area contributed by atoms with E-state index in [0.717, 1.165) is 24.8 Å². The number of hydrogen-bond acceptors (Lipinski definition) is 3. The number of nitrogens with zero attached hydrogens (tertiary/aromatic N) is 1. The van der Waals surface area contributed by atoms with Gasteiger partial charge < -0.3 is 5.32 Å². The zero-order chi connectivity index (χ0) is 11.8. The van der Waals surface area contributed by atoms with Gasteiger partial charge in [0.25, 0.3) is 5.69 Å². The number of nitro groups is 1. The highest BCUT2D eigenvalue weighted by Gasteiger charge is 2.40. The molecule has 0 unspecified atom stereocenters. The number of nitro benzene ring substituents is 1.